The van der Waals surface area contributed by atoms with Gasteiger partial charge in [0.05, 0.1) is 0 Å². The Balaban J connectivity index is 1.43. The van der Waals surface area contributed by atoms with Crippen LogP contribution in [0.1, 0.15) is 48.9 Å². The highest BCUT2D eigenvalue weighted by atomic mass is 16.2. The second-order valence-electron chi connectivity index (χ2n) is 6.53. The molecule has 1 aromatic rings. The molecule has 0 radical (unpaired) electrons. The van der Waals surface area contributed by atoms with Crippen molar-refractivity contribution in [2.75, 3.05) is 13.1 Å². The number of urea groups is 1. The molecule has 1 heterocycles. The van der Waals surface area contributed by atoms with E-state index in [0.717, 1.165) is 31.2 Å². The quantitative estimate of drug-likeness (QED) is 0.900. The Morgan fingerprint density at radius 1 is 0.870 bits per heavy atom. The van der Waals surface area contributed by atoms with E-state index in [1.807, 2.05) is 35.2 Å². The van der Waals surface area contributed by atoms with Crippen LogP contribution in [0.25, 0.3) is 0 Å². The minimum absolute atomic E-state index is 0.0512. The molecule has 3 amide bonds. The Morgan fingerprint density at radius 2 is 1.43 bits per heavy atom. The number of carbonyl (C=O) groups is 2. The molecule has 0 aromatic heterocycles. The van der Waals surface area contributed by atoms with E-state index < -0.39 is 0 Å². The van der Waals surface area contributed by atoms with E-state index >= 15 is 0 Å². The van der Waals surface area contributed by atoms with Crippen molar-refractivity contribution in [1.29, 1.82) is 0 Å². The van der Waals surface area contributed by atoms with E-state index in [0.29, 0.717) is 19.1 Å². The number of benzene rings is 1. The molecule has 1 saturated carbocycles. The third kappa shape index (κ3) is 4.24. The Bertz CT molecular complexity index is 532. The summed E-state index contributed by atoms with van der Waals surface area (Å²) in [4.78, 5) is 26.3. The topological polar surface area (TPSA) is 61.4 Å². The van der Waals surface area contributed by atoms with Crippen LogP contribution in [0.5, 0.6) is 0 Å². The standard InChI is InChI=1S/C18H25N3O2/c22-17(14-6-2-1-3-7-14)21-12-10-16(11-13-21)20-18(23)19-15-8-4-5-9-15/h1-3,6-7,15-16H,4-5,8-13H2,(H2,19,20,23). The first-order valence-electron chi connectivity index (χ1n) is 8.64. The molecule has 1 aliphatic heterocycles. The lowest BCUT2D eigenvalue weighted by Crippen LogP contribution is -2.50. The van der Waals surface area contributed by atoms with Gasteiger partial charge in [0.25, 0.3) is 5.91 Å². The molecule has 2 fully saturated rings. The van der Waals surface area contributed by atoms with Gasteiger partial charge in [0, 0.05) is 30.7 Å². The van der Waals surface area contributed by atoms with Crippen molar-refractivity contribution in [1.82, 2.24) is 15.5 Å². The monoisotopic (exact) mass is 315 g/mol. The van der Waals surface area contributed by atoms with E-state index in [4.69, 9.17) is 0 Å². The van der Waals surface area contributed by atoms with Crippen LogP contribution >= 0.6 is 0 Å². The summed E-state index contributed by atoms with van der Waals surface area (Å²) in [5, 5.41) is 6.11. The van der Waals surface area contributed by atoms with E-state index in [2.05, 4.69) is 10.6 Å². The third-order valence-corrected chi connectivity index (χ3v) is 4.83. The van der Waals surface area contributed by atoms with E-state index in [1.165, 1.54) is 12.8 Å². The molecule has 0 bridgehead atoms. The van der Waals surface area contributed by atoms with E-state index in [1.54, 1.807) is 0 Å². The lowest BCUT2D eigenvalue weighted by Gasteiger charge is -2.32. The normalized spacial score (nSPS) is 19.6. The van der Waals surface area contributed by atoms with E-state index in [9.17, 15) is 9.59 Å². The van der Waals surface area contributed by atoms with Crippen molar-refractivity contribution < 1.29 is 9.59 Å². The van der Waals surface area contributed by atoms with Gasteiger partial charge in [0.1, 0.15) is 0 Å². The first kappa shape index (κ1) is 15.8. The summed E-state index contributed by atoms with van der Waals surface area (Å²) in [5.74, 6) is 0.0828. The number of piperidine rings is 1. The van der Waals surface area contributed by atoms with Crippen LogP contribution in [0.2, 0.25) is 0 Å². The summed E-state index contributed by atoms with van der Waals surface area (Å²) in [6.45, 7) is 1.39. The van der Waals surface area contributed by atoms with Gasteiger partial charge < -0.3 is 15.5 Å². The fourth-order valence-corrected chi connectivity index (χ4v) is 3.47. The molecule has 1 saturated heterocycles. The summed E-state index contributed by atoms with van der Waals surface area (Å²) in [6.07, 6.45) is 6.25. The molecule has 0 atom stereocenters. The Morgan fingerprint density at radius 3 is 2.04 bits per heavy atom. The number of likely N-dealkylation sites (tertiary alicyclic amines) is 1. The van der Waals surface area contributed by atoms with Gasteiger partial charge in [0.2, 0.25) is 0 Å². The van der Waals surface area contributed by atoms with Crippen LogP contribution in [0.15, 0.2) is 30.3 Å². The first-order chi connectivity index (χ1) is 11.2. The van der Waals surface area contributed by atoms with Gasteiger partial charge in [-0.15, -0.1) is 0 Å². The zero-order chi connectivity index (χ0) is 16.1. The third-order valence-electron chi connectivity index (χ3n) is 4.83. The number of nitrogens with one attached hydrogen (secondary N) is 2. The molecule has 1 aromatic carbocycles. The van der Waals surface area contributed by atoms with Crippen LogP contribution in [-0.2, 0) is 0 Å². The second kappa shape index (κ2) is 7.49. The molecule has 0 unspecified atom stereocenters. The average Bonchev–Trinajstić information content (AvgIpc) is 3.08. The molecule has 5 nitrogen and oxygen atoms in total. The average molecular weight is 315 g/mol. The summed E-state index contributed by atoms with van der Waals surface area (Å²) in [6, 6.07) is 9.83. The SMILES string of the molecule is O=C(NC1CCCC1)NC1CCN(C(=O)c2ccccc2)CC1. The molecule has 2 N–H and O–H groups in total. The number of amides is 3. The van der Waals surface area contributed by atoms with Gasteiger partial charge >= 0.3 is 6.03 Å². The number of rotatable bonds is 3. The number of nitrogens with zero attached hydrogens (tertiary/aromatic N) is 1. The molecule has 0 spiro atoms. The highest BCUT2D eigenvalue weighted by Crippen LogP contribution is 2.18. The number of hydrogen-bond acceptors (Lipinski definition) is 2. The Kier molecular flexibility index (Phi) is 5.16. The van der Waals surface area contributed by atoms with Crippen LogP contribution in [0.4, 0.5) is 4.79 Å². The van der Waals surface area contributed by atoms with Crippen molar-refractivity contribution in [3.8, 4) is 0 Å². The molecule has 2 aliphatic rings. The highest BCUT2D eigenvalue weighted by Gasteiger charge is 2.25. The Labute approximate surface area is 137 Å². The predicted octanol–water partition coefficient (Wildman–Crippen LogP) is 2.53. The first-order valence-corrected chi connectivity index (χ1v) is 8.64. The summed E-state index contributed by atoms with van der Waals surface area (Å²) < 4.78 is 0. The van der Waals surface area contributed by atoms with Crippen molar-refractivity contribution in [2.24, 2.45) is 0 Å². The molecular weight excluding hydrogens is 290 g/mol. The maximum absolute atomic E-state index is 12.4. The summed E-state index contributed by atoms with van der Waals surface area (Å²) in [5.41, 5.74) is 0.734. The summed E-state index contributed by atoms with van der Waals surface area (Å²) in [7, 11) is 0. The van der Waals surface area contributed by atoms with Crippen molar-refractivity contribution in [2.45, 2.75) is 50.6 Å². The number of carbonyl (C=O) groups excluding carboxylic acids is 2. The molecule has 5 heteroatoms. The predicted molar refractivity (Wildman–Crippen MR) is 89.3 cm³/mol. The van der Waals surface area contributed by atoms with Gasteiger partial charge in [-0.1, -0.05) is 31.0 Å². The number of hydrogen-bond donors (Lipinski definition) is 2. The smallest absolute Gasteiger partial charge is 0.315 e. The van der Waals surface area contributed by atoms with Crippen LogP contribution in [0.3, 0.4) is 0 Å². The second-order valence-corrected chi connectivity index (χ2v) is 6.53. The van der Waals surface area contributed by atoms with Crippen molar-refractivity contribution in [3.63, 3.8) is 0 Å². The fourth-order valence-electron chi connectivity index (χ4n) is 3.47. The minimum Gasteiger partial charge on any atom is -0.338 e. The van der Waals surface area contributed by atoms with Crippen molar-refractivity contribution >= 4 is 11.9 Å². The Hall–Kier alpha value is -2.04. The zero-order valence-electron chi connectivity index (χ0n) is 13.5. The lowest BCUT2D eigenvalue weighted by molar-refractivity contribution is 0.0708. The maximum atomic E-state index is 12.4. The highest BCUT2D eigenvalue weighted by molar-refractivity contribution is 5.94. The maximum Gasteiger partial charge on any atom is 0.315 e. The lowest BCUT2D eigenvalue weighted by atomic mass is 10.0. The van der Waals surface area contributed by atoms with Gasteiger partial charge in [-0.05, 0) is 37.8 Å². The van der Waals surface area contributed by atoms with Crippen molar-refractivity contribution in [3.05, 3.63) is 35.9 Å². The molecule has 1 aliphatic carbocycles. The molecule has 23 heavy (non-hydrogen) atoms. The molecule has 3 rings (SSSR count). The molecule has 124 valence electrons. The van der Waals surface area contributed by atoms with Gasteiger partial charge in [-0.2, -0.15) is 0 Å². The largest absolute Gasteiger partial charge is 0.338 e. The van der Waals surface area contributed by atoms with Gasteiger partial charge in [-0.25, -0.2) is 4.79 Å². The minimum atomic E-state index is -0.0512. The van der Waals surface area contributed by atoms with Gasteiger partial charge in [-0.3, -0.25) is 4.79 Å². The van der Waals surface area contributed by atoms with E-state index in [-0.39, 0.29) is 18.0 Å². The fraction of sp³-hybridized carbons (Fsp3) is 0.556. The van der Waals surface area contributed by atoms with Crippen LogP contribution in [-0.4, -0.2) is 42.0 Å². The van der Waals surface area contributed by atoms with Crippen LogP contribution in [0, 0.1) is 0 Å². The van der Waals surface area contributed by atoms with Gasteiger partial charge in [0.15, 0.2) is 0 Å². The molecular formula is C18H25N3O2. The van der Waals surface area contributed by atoms with Crippen LogP contribution < -0.4 is 10.6 Å². The zero-order valence-corrected chi connectivity index (χ0v) is 13.5. The summed E-state index contributed by atoms with van der Waals surface area (Å²) >= 11 is 0.